The predicted molar refractivity (Wildman–Crippen MR) is 88.8 cm³/mol. The van der Waals surface area contributed by atoms with Gasteiger partial charge in [-0.3, -0.25) is 0 Å². The highest BCUT2D eigenvalue weighted by Crippen LogP contribution is 2.35. The summed E-state index contributed by atoms with van der Waals surface area (Å²) in [7, 11) is 0. The van der Waals surface area contributed by atoms with Crippen LogP contribution in [-0.2, 0) is 11.3 Å². The lowest BCUT2D eigenvalue weighted by molar-refractivity contribution is 0.439. The van der Waals surface area contributed by atoms with Crippen LogP contribution in [0.4, 0.5) is 0 Å². The monoisotopic (exact) mass is 323 g/mol. The molecule has 0 aliphatic carbocycles. The molecule has 1 aromatic carbocycles. The average Bonchev–Trinajstić information content (AvgIpc) is 2.41. The minimum absolute atomic E-state index is 0.0108. The van der Waals surface area contributed by atoms with Crippen LogP contribution in [0.25, 0.3) is 0 Å². The summed E-state index contributed by atoms with van der Waals surface area (Å²) in [5.74, 6) is 1.64. The van der Waals surface area contributed by atoms with Crippen molar-refractivity contribution in [1.82, 2.24) is 4.98 Å². The Labute approximate surface area is 136 Å². The van der Waals surface area contributed by atoms with Gasteiger partial charge in [0, 0.05) is 23.7 Å². The van der Waals surface area contributed by atoms with Crippen LogP contribution in [0.3, 0.4) is 0 Å². The van der Waals surface area contributed by atoms with E-state index < -0.39 is 0 Å². The number of hydrogen-bond donors (Lipinski definition) is 0. The second kappa shape index (κ2) is 6.25. The van der Waals surface area contributed by atoms with E-state index in [-0.39, 0.29) is 5.41 Å². The summed E-state index contributed by atoms with van der Waals surface area (Å²) in [6, 6.07) is 7.94. The van der Waals surface area contributed by atoms with E-state index in [2.05, 4.69) is 38.7 Å². The summed E-state index contributed by atoms with van der Waals surface area (Å²) in [4.78, 5) is 4.21. The van der Waals surface area contributed by atoms with Crippen LogP contribution in [0.5, 0.6) is 11.6 Å². The Morgan fingerprint density at radius 1 is 1.19 bits per heavy atom. The van der Waals surface area contributed by atoms with Gasteiger partial charge < -0.3 is 4.74 Å². The maximum Gasteiger partial charge on any atom is 0.219 e. The number of halogens is 2. The molecule has 0 radical (unpaired) electrons. The SMILES string of the molecule is Cc1ccc(Oc2cc(CCl)c(Cl)cn2)c(C(C)(C)C)c1. The van der Waals surface area contributed by atoms with Crippen molar-refractivity contribution in [2.75, 3.05) is 0 Å². The molecule has 0 aliphatic rings. The number of rotatable bonds is 3. The lowest BCUT2D eigenvalue weighted by Gasteiger charge is -2.23. The summed E-state index contributed by atoms with van der Waals surface area (Å²) < 4.78 is 5.96. The molecule has 1 aromatic heterocycles. The minimum atomic E-state index is -0.0108. The quantitative estimate of drug-likeness (QED) is 0.659. The van der Waals surface area contributed by atoms with E-state index in [0.29, 0.717) is 16.8 Å². The molecule has 0 spiro atoms. The van der Waals surface area contributed by atoms with Crippen molar-refractivity contribution >= 4 is 23.2 Å². The first kappa shape index (κ1) is 16.1. The molecular weight excluding hydrogens is 305 g/mol. The molecule has 0 amide bonds. The fourth-order valence-corrected chi connectivity index (χ4v) is 2.51. The molecule has 2 aromatic rings. The number of aryl methyl sites for hydroxylation is 1. The maximum absolute atomic E-state index is 6.02. The molecule has 0 saturated heterocycles. The number of hydrogen-bond acceptors (Lipinski definition) is 2. The second-order valence-corrected chi connectivity index (χ2v) is 6.77. The van der Waals surface area contributed by atoms with E-state index in [9.17, 15) is 0 Å². The zero-order valence-corrected chi connectivity index (χ0v) is 14.2. The van der Waals surface area contributed by atoms with Gasteiger partial charge >= 0.3 is 0 Å². The Morgan fingerprint density at radius 3 is 2.52 bits per heavy atom. The number of aromatic nitrogens is 1. The first-order valence-electron chi connectivity index (χ1n) is 6.80. The highest BCUT2D eigenvalue weighted by molar-refractivity contribution is 6.32. The van der Waals surface area contributed by atoms with Crippen molar-refractivity contribution in [3.63, 3.8) is 0 Å². The molecule has 4 heteroatoms. The Hall–Kier alpha value is -1.25. The minimum Gasteiger partial charge on any atom is -0.439 e. The van der Waals surface area contributed by atoms with Crippen molar-refractivity contribution in [3.05, 3.63) is 52.2 Å². The van der Waals surface area contributed by atoms with Gasteiger partial charge in [0.25, 0.3) is 0 Å². The maximum atomic E-state index is 6.02. The number of alkyl halides is 1. The average molecular weight is 324 g/mol. The summed E-state index contributed by atoms with van der Waals surface area (Å²) in [6.45, 7) is 8.56. The molecule has 0 saturated carbocycles. The van der Waals surface area contributed by atoms with Crippen LogP contribution in [0.2, 0.25) is 5.02 Å². The zero-order valence-electron chi connectivity index (χ0n) is 12.7. The van der Waals surface area contributed by atoms with Gasteiger partial charge in [-0.2, -0.15) is 0 Å². The predicted octanol–water partition coefficient (Wildman–Crippen LogP) is 5.87. The van der Waals surface area contributed by atoms with Crippen LogP contribution in [0.1, 0.15) is 37.5 Å². The Bertz CT molecular complexity index is 648. The van der Waals surface area contributed by atoms with Crippen molar-refractivity contribution in [3.8, 4) is 11.6 Å². The van der Waals surface area contributed by atoms with Gasteiger partial charge in [0.05, 0.1) is 5.02 Å². The highest BCUT2D eigenvalue weighted by atomic mass is 35.5. The third-order valence-electron chi connectivity index (χ3n) is 3.21. The van der Waals surface area contributed by atoms with Crippen molar-refractivity contribution in [2.24, 2.45) is 0 Å². The molecule has 21 heavy (non-hydrogen) atoms. The van der Waals surface area contributed by atoms with Gasteiger partial charge in [-0.1, -0.05) is 50.1 Å². The van der Waals surface area contributed by atoms with E-state index >= 15 is 0 Å². The van der Waals surface area contributed by atoms with Crippen LogP contribution in [-0.4, -0.2) is 4.98 Å². The van der Waals surface area contributed by atoms with Gasteiger partial charge in [-0.15, -0.1) is 11.6 Å². The van der Waals surface area contributed by atoms with Crippen LogP contribution >= 0.6 is 23.2 Å². The second-order valence-electron chi connectivity index (χ2n) is 6.10. The fourth-order valence-electron chi connectivity index (χ4n) is 2.05. The Balaban J connectivity index is 2.40. The number of pyridine rings is 1. The normalized spacial score (nSPS) is 11.5. The van der Waals surface area contributed by atoms with Gasteiger partial charge in [0.2, 0.25) is 5.88 Å². The Morgan fingerprint density at radius 2 is 1.90 bits per heavy atom. The van der Waals surface area contributed by atoms with E-state index in [1.807, 2.05) is 12.1 Å². The fraction of sp³-hybridized carbons (Fsp3) is 0.353. The molecule has 0 fully saturated rings. The molecule has 0 N–H and O–H groups in total. The first-order chi connectivity index (χ1) is 9.81. The van der Waals surface area contributed by atoms with Gasteiger partial charge in [-0.25, -0.2) is 4.98 Å². The number of benzene rings is 1. The van der Waals surface area contributed by atoms with E-state index in [4.69, 9.17) is 27.9 Å². The van der Waals surface area contributed by atoms with Crippen molar-refractivity contribution < 1.29 is 4.74 Å². The molecule has 0 unspecified atom stereocenters. The smallest absolute Gasteiger partial charge is 0.219 e. The zero-order chi connectivity index (χ0) is 15.6. The van der Waals surface area contributed by atoms with E-state index in [1.54, 1.807) is 12.3 Å². The molecule has 112 valence electrons. The van der Waals surface area contributed by atoms with Crippen LogP contribution in [0, 0.1) is 6.92 Å². The number of nitrogens with zero attached hydrogens (tertiary/aromatic N) is 1. The largest absolute Gasteiger partial charge is 0.439 e. The molecule has 0 atom stereocenters. The van der Waals surface area contributed by atoms with Crippen LogP contribution < -0.4 is 4.74 Å². The third kappa shape index (κ3) is 3.90. The summed E-state index contributed by atoms with van der Waals surface area (Å²) in [6.07, 6.45) is 1.57. The number of ether oxygens (including phenoxy) is 1. The van der Waals surface area contributed by atoms with Gasteiger partial charge in [0.15, 0.2) is 0 Å². The molecule has 2 rings (SSSR count). The third-order valence-corrected chi connectivity index (χ3v) is 3.84. The van der Waals surface area contributed by atoms with E-state index in [1.165, 1.54) is 5.56 Å². The molecule has 0 aliphatic heterocycles. The Kier molecular flexibility index (Phi) is 4.80. The highest BCUT2D eigenvalue weighted by Gasteiger charge is 2.20. The molecule has 1 heterocycles. The standard InChI is InChI=1S/C17H19Cl2NO/c1-11-5-6-15(13(7-11)17(2,3)4)21-16-8-12(9-18)14(19)10-20-16/h5-8,10H,9H2,1-4H3. The molecule has 0 bridgehead atoms. The van der Waals surface area contributed by atoms with Crippen molar-refractivity contribution in [2.45, 2.75) is 39.0 Å². The lowest BCUT2D eigenvalue weighted by atomic mass is 9.85. The summed E-state index contributed by atoms with van der Waals surface area (Å²) in [5.41, 5.74) is 3.15. The van der Waals surface area contributed by atoms with Crippen molar-refractivity contribution in [1.29, 1.82) is 0 Å². The topological polar surface area (TPSA) is 22.1 Å². The van der Waals surface area contributed by atoms with Gasteiger partial charge in [-0.05, 0) is 24.0 Å². The first-order valence-corrected chi connectivity index (χ1v) is 7.72. The van der Waals surface area contributed by atoms with Crippen LogP contribution in [0.15, 0.2) is 30.5 Å². The summed E-state index contributed by atoms with van der Waals surface area (Å²) >= 11 is 11.9. The van der Waals surface area contributed by atoms with E-state index in [0.717, 1.165) is 16.9 Å². The van der Waals surface area contributed by atoms with Gasteiger partial charge in [0.1, 0.15) is 5.75 Å². The molecular formula is C17H19Cl2NO. The molecule has 2 nitrogen and oxygen atoms in total. The lowest BCUT2D eigenvalue weighted by Crippen LogP contribution is -2.13. The summed E-state index contributed by atoms with van der Waals surface area (Å²) in [5, 5.41) is 0.553.